The van der Waals surface area contributed by atoms with E-state index < -0.39 is 22.5 Å². The molecule has 0 aliphatic heterocycles. The van der Waals surface area contributed by atoms with Crippen molar-refractivity contribution in [3.05, 3.63) is 93.5 Å². The number of sulfonamides is 1. The van der Waals surface area contributed by atoms with E-state index in [9.17, 15) is 13.2 Å². The first-order chi connectivity index (χ1) is 15.6. The van der Waals surface area contributed by atoms with Gasteiger partial charge in [-0.2, -0.15) is 5.10 Å². The number of nitrogens with zero attached hydrogens (tertiary/aromatic N) is 2. The summed E-state index contributed by atoms with van der Waals surface area (Å²) in [7, 11) is -3.99. The highest BCUT2D eigenvalue weighted by atomic mass is 35.5. The van der Waals surface area contributed by atoms with Crippen LogP contribution in [0, 0.1) is 13.8 Å². The predicted molar refractivity (Wildman–Crippen MR) is 134 cm³/mol. The monoisotopic (exact) mass is 503 g/mol. The average Bonchev–Trinajstić information content (AvgIpc) is 2.78. The van der Waals surface area contributed by atoms with Crippen LogP contribution >= 0.6 is 23.2 Å². The predicted octanol–water partition coefficient (Wildman–Crippen LogP) is 5.35. The third-order valence-electron chi connectivity index (χ3n) is 4.93. The van der Waals surface area contributed by atoms with Crippen molar-refractivity contribution in [2.45, 2.75) is 25.7 Å². The molecule has 3 rings (SSSR count). The number of carbonyl (C=O) groups excluding carboxylic acids is 1. The molecule has 3 aromatic carbocycles. The van der Waals surface area contributed by atoms with E-state index in [2.05, 4.69) is 10.5 Å². The van der Waals surface area contributed by atoms with Crippen LogP contribution in [0.5, 0.6) is 0 Å². The fourth-order valence-corrected chi connectivity index (χ4v) is 5.01. The maximum Gasteiger partial charge on any atom is 0.264 e. The molecule has 33 heavy (non-hydrogen) atoms. The smallest absolute Gasteiger partial charge is 0.264 e. The summed E-state index contributed by atoms with van der Waals surface area (Å²) in [5, 5.41) is 4.87. The fraction of sp³-hybridized carbons (Fsp3) is 0.167. The van der Waals surface area contributed by atoms with Crippen LogP contribution < -0.4 is 9.73 Å². The van der Waals surface area contributed by atoms with Crippen molar-refractivity contribution in [1.82, 2.24) is 5.43 Å². The molecule has 9 heteroatoms. The standard InChI is InChI=1S/C24H23Cl2N3O3S/c1-16-9-12-23(17(2)13-16)29(33(31,32)20-7-5-4-6-8-20)15-24(30)28-27-18(3)19-10-11-21(25)22(26)14-19/h4-14H,15H2,1-3H3,(H,28,30)/b27-18+. The van der Waals surface area contributed by atoms with Crippen LogP contribution in [0.15, 0.2) is 76.7 Å². The first-order valence-electron chi connectivity index (χ1n) is 10.0. The molecule has 0 fully saturated rings. The number of benzene rings is 3. The van der Waals surface area contributed by atoms with E-state index in [0.717, 1.165) is 15.4 Å². The molecule has 0 radical (unpaired) electrons. The van der Waals surface area contributed by atoms with Crippen LogP contribution in [-0.4, -0.2) is 26.6 Å². The lowest BCUT2D eigenvalue weighted by atomic mass is 10.1. The van der Waals surface area contributed by atoms with E-state index >= 15 is 0 Å². The molecular weight excluding hydrogens is 481 g/mol. The second-order valence-electron chi connectivity index (χ2n) is 7.48. The number of rotatable bonds is 7. The quantitative estimate of drug-likeness (QED) is 0.348. The number of nitrogens with one attached hydrogen (secondary N) is 1. The van der Waals surface area contributed by atoms with Gasteiger partial charge < -0.3 is 0 Å². The Morgan fingerprint density at radius 3 is 2.30 bits per heavy atom. The summed E-state index contributed by atoms with van der Waals surface area (Å²) in [5.74, 6) is -0.589. The van der Waals surface area contributed by atoms with Gasteiger partial charge in [0.2, 0.25) is 0 Å². The minimum atomic E-state index is -3.99. The van der Waals surface area contributed by atoms with Gasteiger partial charge in [-0.1, -0.05) is 65.2 Å². The first-order valence-corrected chi connectivity index (χ1v) is 12.2. The van der Waals surface area contributed by atoms with E-state index in [0.29, 0.717) is 27.0 Å². The molecule has 3 aromatic rings. The maximum atomic E-state index is 13.4. The van der Waals surface area contributed by atoms with E-state index in [1.54, 1.807) is 62.4 Å². The molecule has 6 nitrogen and oxygen atoms in total. The lowest BCUT2D eigenvalue weighted by Gasteiger charge is -2.25. The van der Waals surface area contributed by atoms with Crippen molar-refractivity contribution >= 4 is 50.5 Å². The van der Waals surface area contributed by atoms with E-state index in [1.165, 1.54) is 12.1 Å². The second kappa shape index (κ2) is 10.4. The number of amides is 1. The normalized spacial score (nSPS) is 11.8. The van der Waals surface area contributed by atoms with Gasteiger partial charge >= 0.3 is 0 Å². The Labute approximate surface area is 203 Å². The highest BCUT2D eigenvalue weighted by Crippen LogP contribution is 2.27. The van der Waals surface area contributed by atoms with Gasteiger partial charge in [-0.15, -0.1) is 0 Å². The molecule has 0 unspecified atom stereocenters. The summed E-state index contributed by atoms with van der Waals surface area (Å²) in [6.07, 6.45) is 0. The molecule has 0 spiro atoms. The molecule has 0 saturated heterocycles. The number of hydrazone groups is 1. The third kappa shape index (κ3) is 5.93. The van der Waals surface area contributed by atoms with Gasteiger partial charge in [0.1, 0.15) is 6.54 Å². The van der Waals surface area contributed by atoms with Crippen LogP contribution in [0.3, 0.4) is 0 Å². The molecule has 0 aromatic heterocycles. The molecule has 1 amide bonds. The zero-order valence-corrected chi connectivity index (χ0v) is 20.7. The van der Waals surface area contributed by atoms with Crippen LogP contribution in [0.25, 0.3) is 0 Å². The van der Waals surface area contributed by atoms with Crippen LogP contribution in [-0.2, 0) is 14.8 Å². The fourth-order valence-electron chi connectivity index (χ4n) is 3.20. The zero-order chi connectivity index (χ0) is 24.2. The van der Waals surface area contributed by atoms with Gasteiger partial charge in [-0.25, -0.2) is 13.8 Å². The highest BCUT2D eigenvalue weighted by molar-refractivity contribution is 7.92. The Hall–Kier alpha value is -2.87. The topological polar surface area (TPSA) is 78.8 Å². The van der Waals surface area contributed by atoms with Gasteiger partial charge in [0.05, 0.1) is 26.3 Å². The molecule has 0 atom stereocenters. The number of hydrogen-bond donors (Lipinski definition) is 1. The third-order valence-corrected chi connectivity index (χ3v) is 7.44. The molecule has 172 valence electrons. The average molecular weight is 504 g/mol. The van der Waals surface area contributed by atoms with Gasteiger partial charge in [-0.05, 0) is 62.2 Å². The molecule has 0 saturated carbocycles. The number of halogens is 2. The number of carbonyl (C=O) groups is 1. The second-order valence-corrected chi connectivity index (χ2v) is 10.2. The van der Waals surface area contributed by atoms with Gasteiger partial charge in [0, 0.05) is 0 Å². The van der Waals surface area contributed by atoms with Crippen molar-refractivity contribution in [3.8, 4) is 0 Å². The summed E-state index contributed by atoms with van der Waals surface area (Å²) < 4.78 is 27.9. The van der Waals surface area contributed by atoms with Gasteiger partial charge in [0.15, 0.2) is 0 Å². The molecular formula is C24H23Cl2N3O3S. The van der Waals surface area contributed by atoms with Crippen LogP contribution in [0.4, 0.5) is 5.69 Å². The Bertz CT molecular complexity index is 1310. The molecule has 1 N–H and O–H groups in total. The van der Waals surface area contributed by atoms with Gasteiger partial charge in [-0.3, -0.25) is 9.10 Å². The number of anilines is 1. The van der Waals surface area contributed by atoms with E-state index in [4.69, 9.17) is 23.2 Å². The summed E-state index contributed by atoms with van der Waals surface area (Å²) >= 11 is 12.0. The molecule has 0 aliphatic rings. The van der Waals surface area contributed by atoms with Crippen molar-refractivity contribution in [3.63, 3.8) is 0 Å². The molecule has 0 aliphatic carbocycles. The summed E-state index contributed by atoms with van der Waals surface area (Å²) in [6.45, 7) is 4.97. The largest absolute Gasteiger partial charge is 0.271 e. The maximum absolute atomic E-state index is 13.4. The van der Waals surface area contributed by atoms with Crippen molar-refractivity contribution < 1.29 is 13.2 Å². The number of aryl methyl sites for hydroxylation is 2. The van der Waals surface area contributed by atoms with Crippen LogP contribution in [0.2, 0.25) is 10.0 Å². The lowest BCUT2D eigenvalue weighted by molar-refractivity contribution is -0.119. The molecule has 0 heterocycles. The summed E-state index contributed by atoms with van der Waals surface area (Å²) in [6, 6.07) is 18.4. The Morgan fingerprint density at radius 1 is 0.970 bits per heavy atom. The Kier molecular flexibility index (Phi) is 7.79. The van der Waals surface area contributed by atoms with E-state index in [1.807, 2.05) is 13.0 Å². The van der Waals surface area contributed by atoms with Crippen molar-refractivity contribution in [2.24, 2.45) is 5.10 Å². The summed E-state index contributed by atoms with van der Waals surface area (Å²) in [4.78, 5) is 12.9. The molecule has 0 bridgehead atoms. The minimum absolute atomic E-state index is 0.0910. The summed E-state index contributed by atoms with van der Waals surface area (Å²) in [5.41, 5.74) is 5.74. The van der Waals surface area contributed by atoms with Crippen molar-refractivity contribution in [2.75, 3.05) is 10.8 Å². The highest BCUT2D eigenvalue weighted by Gasteiger charge is 2.28. The van der Waals surface area contributed by atoms with Crippen LogP contribution in [0.1, 0.15) is 23.6 Å². The van der Waals surface area contributed by atoms with E-state index in [-0.39, 0.29) is 4.90 Å². The minimum Gasteiger partial charge on any atom is -0.271 e. The lowest BCUT2D eigenvalue weighted by Crippen LogP contribution is -2.40. The van der Waals surface area contributed by atoms with Gasteiger partial charge in [0.25, 0.3) is 15.9 Å². The Morgan fingerprint density at radius 2 is 1.67 bits per heavy atom. The first kappa shape index (κ1) is 24.8. The van der Waals surface area contributed by atoms with Crippen molar-refractivity contribution in [1.29, 1.82) is 0 Å². The SMILES string of the molecule is C/C(=N\NC(=O)CN(c1ccc(C)cc1C)S(=O)(=O)c1ccccc1)c1ccc(Cl)c(Cl)c1. The zero-order valence-electron chi connectivity index (χ0n) is 18.3. The number of hydrogen-bond acceptors (Lipinski definition) is 4. The Balaban J connectivity index is 1.90.